The normalized spacial score (nSPS) is 14.6. The number of rotatable bonds is 6. The summed E-state index contributed by atoms with van der Waals surface area (Å²) in [5.41, 5.74) is 4.97. The fourth-order valence-electron chi connectivity index (χ4n) is 3.56. The number of aryl methyl sites for hydroxylation is 2. The summed E-state index contributed by atoms with van der Waals surface area (Å²) >= 11 is 1.72. The van der Waals surface area contributed by atoms with Crippen molar-refractivity contribution in [2.45, 2.75) is 56.9 Å². The summed E-state index contributed by atoms with van der Waals surface area (Å²) in [7, 11) is 0. The van der Waals surface area contributed by atoms with E-state index in [1.165, 1.54) is 42.4 Å². The lowest BCUT2D eigenvalue weighted by Gasteiger charge is -2.22. The summed E-state index contributed by atoms with van der Waals surface area (Å²) in [6, 6.07) is 14.7. The van der Waals surface area contributed by atoms with E-state index < -0.39 is 0 Å². The predicted molar refractivity (Wildman–Crippen MR) is 106 cm³/mol. The molecule has 0 aromatic heterocycles. The molecule has 0 aliphatic heterocycles. The van der Waals surface area contributed by atoms with E-state index in [1.54, 1.807) is 11.8 Å². The van der Waals surface area contributed by atoms with Gasteiger partial charge in [-0.25, -0.2) is 0 Å². The maximum atomic E-state index is 12.8. The molecule has 3 rings (SSSR count). The average Bonchev–Trinajstić information content (AvgIpc) is 2.66. The monoisotopic (exact) mass is 353 g/mol. The van der Waals surface area contributed by atoms with Crippen LogP contribution in [0.15, 0.2) is 47.4 Å². The highest BCUT2D eigenvalue weighted by Crippen LogP contribution is 2.27. The van der Waals surface area contributed by atoms with Crippen LogP contribution in [0, 0.1) is 0 Å². The third kappa shape index (κ3) is 4.27. The van der Waals surface area contributed by atoms with E-state index in [4.69, 9.17) is 0 Å². The van der Waals surface area contributed by atoms with Crippen molar-refractivity contribution in [1.82, 2.24) is 5.32 Å². The second kappa shape index (κ2) is 8.57. The molecule has 1 amide bonds. The number of benzene rings is 2. The second-order valence-electron chi connectivity index (χ2n) is 6.60. The number of thioether (sulfide) groups is 1. The van der Waals surface area contributed by atoms with Crippen LogP contribution in [0.1, 0.15) is 66.2 Å². The molecule has 0 spiro atoms. The van der Waals surface area contributed by atoms with Gasteiger partial charge in [0.05, 0.1) is 11.6 Å². The van der Waals surface area contributed by atoms with Crippen LogP contribution in [0.5, 0.6) is 0 Å². The minimum atomic E-state index is 0.0288. The highest BCUT2D eigenvalue weighted by Gasteiger charge is 2.18. The molecular weight excluding hydrogens is 326 g/mol. The van der Waals surface area contributed by atoms with Crippen molar-refractivity contribution in [3.8, 4) is 0 Å². The highest BCUT2D eigenvalue weighted by molar-refractivity contribution is 7.99. The lowest BCUT2D eigenvalue weighted by Crippen LogP contribution is -2.28. The van der Waals surface area contributed by atoms with Gasteiger partial charge in [-0.05, 0) is 66.7 Å². The molecule has 0 fully saturated rings. The van der Waals surface area contributed by atoms with Crippen molar-refractivity contribution in [3.63, 3.8) is 0 Å². The first-order valence-corrected chi connectivity index (χ1v) is 10.4. The highest BCUT2D eigenvalue weighted by atomic mass is 32.2. The Morgan fingerprint density at radius 3 is 2.60 bits per heavy atom. The van der Waals surface area contributed by atoms with Gasteiger partial charge in [-0.2, -0.15) is 0 Å². The van der Waals surface area contributed by atoms with Gasteiger partial charge in [0.2, 0.25) is 0 Å². The molecule has 0 saturated carbocycles. The fraction of sp³-hybridized carbons (Fsp3) is 0.409. The number of amides is 1. The summed E-state index contributed by atoms with van der Waals surface area (Å²) in [5.74, 6) is 0.993. The number of fused-ring (bicyclic) bond motifs is 1. The first-order chi connectivity index (χ1) is 12.2. The summed E-state index contributed by atoms with van der Waals surface area (Å²) in [6.45, 7) is 4.25. The van der Waals surface area contributed by atoms with E-state index in [9.17, 15) is 4.79 Å². The van der Waals surface area contributed by atoms with Crippen molar-refractivity contribution >= 4 is 17.7 Å². The van der Waals surface area contributed by atoms with Crippen LogP contribution in [0.4, 0.5) is 0 Å². The third-order valence-corrected chi connectivity index (χ3v) is 5.88. The Morgan fingerprint density at radius 2 is 1.84 bits per heavy atom. The molecular formula is C22H27NOS. The molecule has 2 nitrogen and oxygen atoms in total. The zero-order valence-electron chi connectivity index (χ0n) is 15.2. The molecule has 0 heterocycles. The van der Waals surface area contributed by atoms with Crippen molar-refractivity contribution in [1.29, 1.82) is 0 Å². The SMILES string of the molecule is CCSc1ccccc1C(=O)NC(CC)c1ccc2c(c1)CCCC2. The Morgan fingerprint density at radius 1 is 1.08 bits per heavy atom. The van der Waals surface area contributed by atoms with Crippen LogP contribution in [0.2, 0.25) is 0 Å². The molecule has 2 aromatic rings. The summed E-state index contributed by atoms with van der Waals surface area (Å²) in [5, 5.41) is 3.25. The van der Waals surface area contributed by atoms with E-state index >= 15 is 0 Å². The van der Waals surface area contributed by atoms with Crippen LogP contribution in [-0.4, -0.2) is 11.7 Å². The van der Waals surface area contributed by atoms with Crippen molar-refractivity contribution < 1.29 is 4.79 Å². The van der Waals surface area contributed by atoms with E-state index in [0.717, 1.165) is 22.6 Å². The lowest BCUT2D eigenvalue weighted by atomic mass is 9.88. The Bertz CT molecular complexity index is 741. The van der Waals surface area contributed by atoms with Gasteiger partial charge in [0.15, 0.2) is 0 Å². The van der Waals surface area contributed by atoms with E-state index in [1.807, 2.05) is 24.3 Å². The molecule has 0 radical (unpaired) electrons. The van der Waals surface area contributed by atoms with Crippen LogP contribution < -0.4 is 5.32 Å². The van der Waals surface area contributed by atoms with Crippen molar-refractivity contribution in [2.24, 2.45) is 0 Å². The molecule has 0 saturated heterocycles. The summed E-state index contributed by atoms with van der Waals surface area (Å²) < 4.78 is 0. The predicted octanol–water partition coefficient (Wildman–Crippen LogP) is 5.56. The molecule has 3 heteroatoms. The van der Waals surface area contributed by atoms with Gasteiger partial charge in [-0.15, -0.1) is 11.8 Å². The van der Waals surface area contributed by atoms with Gasteiger partial charge in [0.25, 0.3) is 5.91 Å². The maximum absolute atomic E-state index is 12.8. The quantitative estimate of drug-likeness (QED) is 0.689. The van der Waals surface area contributed by atoms with Gasteiger partial charge in [-0.1, -0.05) is 44.2 Å². The molecule has 1 unspecified atom stereocenters. The van der Waals surface area contributed by atoms with Gasteiger partial charge >= 0.3 is 0 Å². The fourth-order valence-corrected chi connectivity index (χ4v) is 4.36. The van der Waals surface area contributed by atoms with Gasteiger partial charge < -0.3 is 5.32 Å². The van der Waals surface area contributed by atoms with Gasteiger partial charge in [0.1, 0.15) is 0 Å². The summed E-state index contributed by atoms with van der Waals surface area (Å²) in [4.78, 5) is 13.9. The topological polar surface area (TPSA) is 29.1 Å². The van der Waals surface area contributed by atoms with E-state index in [0.29, 0.717) is 0 Å². The Balaban J connectivity index is 1.79. The lowest BCUT2D eigenvalue weighted by molar-refractivity contribution is 0.0932. The number of carbonyl (C=O) groups is 1. The smallest absolute Gasteiger partial charge is 0.252 e. The summed E-state index contributed by atoms with van der Waals surface area (Å²) in [6.07, 6.45) is 5.84. The Hall–Kier alpha value is -1.74. The molecule has 1 aliphatic rings. The maximum Gasteiger partial charge on any atom is 0.252 e. The molecule has 1 aliphatic carbocycles. The molecule has 132 valence electrons. The van der Waals surface area contributed by atoms with Crippen molar-refractivity contribution in [2.75, 3.05) is 5.75 Å². The second-order valence-corrected chi connectivity index (χ2v) is 7.90. The molecule has 1 N–H and O–H groups in total. The van der Waals surface area contributed by atoms with Crippen LogP contribution in [0.3, 0.4) is 0 Å². The van der Waals surface area contributed by atoms with E-state index in [-0.39, 0.29) is 11.9 Å². The number of hydrogen-bond donors (Lipinski definition) is 1. The largest absolute Gasteiger partial charge is 0.345 e. The van der Waals surface area contributed by atoms with Crippen LogP contribution in [0.25, 0.3) is 0 Å². The number of carbonyl (C=O) groups excluding carboxylic acids is 1. The van der Waals surface area contributed by atoms with Gasteiger partial charge in [0, 0.05) is 4.90 Å². The molecule has 0 bridgehead atoms. The van der Waals surface area contributed by atoms with Crippen LogP contribution in [-0.2, 0) is 12.8 Å². The average molecular weight is 354 g/mol. The van der Waals surface area contributed by atoms with E-state index in [2.05, 4.69) is 37.4 Å². The molecule has 25 heavy (non-hydrogen) atoms. The zero-order chi connectivity index (χ0) is 17.6. The van der Waals surface area contributed by atoms with Crippen LogP contribution >= 0.6 is 11.8 Å². The molecule has 1 atom stereocenters. The first-order valence-electron chi connectivity index (χ1n) is 9.37. The minimum Gasteiger partial charge on any atom is -0.345 e. The van der Waals surface area contributed by atoms with Gasteiger partial charge in [-0.3, -0.25) is 4.79 Å². The Labute approximate surface area is 155 Å². The standard InChI is InChI=1S/C22H27NOS/c1-3-20(18-14-13-16-9-5-6-10-17(16)15-18)23-22(24)19-11-7-8-12-21(19)25-4-2/h7-8,11-15,20H,3-6,9-10H2,1-2H3,(H,23,24). The zero-order valence-corrected chi connectivity index (χ0v) is 16.0. The Kier molecular flexibility index (Phi) is 6.19. The number of hydrogen-bond acceptors (Lipinski definition) is 2. The first kappa shape index (κ1) is 18.1. The third-order valence-electron chi connectivity index (χ3n) is 4.92. The molecule has 2 aromatic carbocycles. The number of nitrogens with one attached hydrogen (secondary N) is 1. The minimum absolute atomic E-state index is 0.0288. The van der Waals surface area contributed by atoms with Crippen molar-refractivity contribution in [3.05, 3.63) is 64.7 Å².